The number of carbonyl (C=O) groups is 1. The highest BCUT2D eigenvalue weighted by Crippen LogP contribution is 2.32. The van der Waals surface area contributed by atoms with Crippen LogP contribution < -0.4 is 15.8 Å². The Hall–Kier alpha value is -3.34. The van der Waals surface area contributed by atoms with E-state index in [1.54, 1.807) is 18.5 Å². The summed E-state index contributed by atoms with van der Waals surface area (Å²) in [4.78, 5) is 15.9. The molecule has 0 spiro atoms. The molecule has 2 heterocycles. The highest BCUT2D eigenvalue weighted by atomic mass is 16.5. The third-order valence-corrected chi connectivity index (χ3v) is 3.22. The minimum Gasteiger partial charge on any atom is -0.457 e. The zero-order chi connectivity index (χ0) is 16.1. The van der Waals surface area contributed by atoms with E-state index in [4.69, 9.17) is 10.5 Å². The first-order chi connectivity index (χ1) is 11.3. The maximum atomic E-state index is 11.8. The summed E-state index contributed by atoms with van der Waals surface area (Å²) in [6.07, 6.45) is 10.6. The van der Waals surface area contributed by atoms with E-state index < -0.39 is 5.91 Å². The van der Waals surface area contributed by atoms with Gasteiger partial charge in [-0.1, -0.05) is 30.4 Å². The maximum absolute atomic E-state index is 11.8. The van der Waals surface area contributed by atoms with Gasteiger partial charge >= 0.3 is 0 Å². The van der Waals surface area contributed by atoms with Gasteiger partial charge in [0.25, 0.3) is 5.91 Å². The second kappa shape index (κ2) is 6.62. The van der Waals surface area contributed by atoms with E-state index >= 15 is 0 Å². The summed E-state index contributed by atoms with van der Waals surface area (Å²) in [5.41, 5.74) is 6.95. The van der Waals surface area contributed by atoms with E-state index in [1.165, 1.54) is 6.20 Å². The number of pyridine rings is 1. The Balaban J connectivity index is 2.10. The highest BCUT2D eigenvalue weighted by Gasteiger charge is 2.18. The fourth-order valence-electron chi connectivity index (χ4n) is 2.22. The number of primary amides is 1. The molecule has 3 N–H and O–H groups in total. The van der Waals surface area contributed by atoms with Crippen LogP contribution in [0, 0.1) is 0 Å². The maximum Gasteiger partial charge on any atom is 0.268 e. The molecule has 2 aromatic rings. The number of nitrogens with two attached hydrogens (primary N) is 1. The van der Waals surface area contributed by atoms with Crippen molar-refractivity contribution in [1.29, 1.82) is 0 Å². The zero-order valence-electron chi connectivity index (χ0n) is 12.3. The Kier molecular flexibility index (Phi) is 4.20. The minimum absolute atomic E-state index is 0.165. The molecule has 0 fully saturated rings. The number of benzene rings is 1. The van der Waals surface area contributed by atoms with Gasteiger partial charge in [-0.25, -0.2) is 0 Å². The number of allylic oxidation sites excluding steroid dienone is 4. The van der Waals surface area contributed by atoms with E-state index in [2.05, 4.69) is 10.3 Å². The van der Waals surface area contributed by atoms with Crippen molar-refractivity contribution >= 4 is 11.5 Å². The van der Waals surface area contributed by atoms with E-state index in [1.807, 2.05) is 48.6 Å². The van der Waals surface area contributed by atoms with Gasteiger partial charge in [0.15, 0.2) is 0 Å². The Morgan fingerprint density at radius 3 is 2.74 bits per heavy atom. The third kappa shape index (κ3) is 3.29. The molecule has 1 amide bonds. The molecule has 3 rings (SSSR count). The van der Waals surface area contributed by atoms with Crippen LogP contribution in [0.4, 0.5) is 0 Å². The van der Waals surface area contributed by atoms with Crippen molar-refractivity contribution in [2.45, 2.75) is 0 Å². The molecule has 0 aliphatic carbocycles. The monoisotopic (exact) mass is 305 g/mol. The van der Waals surface area contributed by atoms with Crippen molar-refractivity contribution in [3.63, 3.8) is 0 Å². The number of amides is 1. The number of hydrogen-bond acceptors (Lipinski definition) is 4. The topological polar surface area (TPSA) is 77.2 Å². The Morgan fingerprint density at radius 1 is 1.13 bits per heavy atom. The van der Waals surface area contributed by atoms with Gasteiger partial charge in [0.05, 0.1) is 5.56 Å². The van der Waals surface area contributed by atoms with E-state index in [0.717, 1.165) is 5.57 Å². The van der Waals surface area contributed by atoms with E-state index in [9.17, 15) is 4.79 Å². The van der Waals surface area contributed by atoms with Crippen LogP contribution >= 0.6 is 0 Å². The lowest BCUT2D eigenvalue weighted by atomic mass is 10.0. The summed E-state index contributed by atoms with van der Waals surface area (Å²) in [6, 6.07) is 11.0. The molecule has 0 atom stereocenters. The van der Waals surface area contributed by atoms with Crippen molar-refractivity contribution in [1.82, 2.24) is 10.3 Å². The smallest absolute Gasteiger partial charge is 0.268 e. The van der Waals surface area contributed by atoms with Crippen LogP contribution in [-0.2, 0) is 0 Å². The van der Waals surface area contributed by atoms with Gasteiger partial charge in [-0.15, -0.1) is 0 Å². The zero-order valence-corrected chi connectivity index (χ0v) is 12.3. The lowest BCUT2D eigenvalue weighted by Gasteiger charge is -2.14. The summed E-state index contributed by atoms with van der Waals surface area (Å²) < 4.78 is 5.92. The largest absolute Gasteiger partial charge is 0.457 e. The number of hydrogen-bond donors (Lipinski definition) is 2. The van der Waals surface area contributed by atoms with Gasteiger partial charge in [-0.2, -0.15) is 0 Å². The van der Waals surface area contributed by atoms with E-state index in [-0.39, 0.29) is 5.69 Å². The van der Waals surface area contributed by atoms with Gasteiger partial charge < -0.3 is 15.8 Å². The second-order valence-electron chi connectivity index (χ2n) is 4.80. The van der Waals surface area contributed by atoms with Crippen molar-refractivity contribution in [3.05, 3.63) is 84.5 Å². The van der Waals surface area contributed by atoms with Gasteiger partial charge in [0, 0.05) is 24.2 Å². The summed E-state index contributed by atoms with van der Waals surface area (Å²) in [6.45, 7) is 0. The number of rotatable bonds is 4. The van der Waals surface area contributed by atoms with Crippen LogP contribution in [0.15, 0.2) is 73.2 Å². The molecule has 1 aliphatic rings. The van der Waals surface area contributed by atoms with Crippen molar-refractivity contribution in [2.75, 3.05) is 0 Å². The fraction of sp³-hybridized carbons (Fsp3) is 0. The molecule has 0 bridgehead atoms. The summed E-state index contributed by atoms with van der Waals surface area (Å²) in [5.74, 6) is 0.573. The Bertz CT molecular complexity index is 808. The molecule has 5 nitrogen and oxygen atoms in total. The highest BCUT2D eigenvalue weighted by molar-refractivity contribution is 5.98. The molecule has 1 aromatic heterocycles. The normalized spacial score (nSPS) is 13.0. The molecule has 0 unspecified atom stereocenters. The lowest BCUT2D eigenvalue weighted by Crippen LogP contribution is -2.16. The molecule has 114 valence electrons. The predicted octanol–water partition coefficient (Wildman–Crippen LogP) is 2.99. The number of aromatic nitrogens is 1. The number of ether oxygens (including phenoxy) is 1. The second-order valence-corrected chi connectivity index (χ2v) is 4.80. The SMILES string of the molecule is NC(=O)c1nccc(Oc2ccccc2)c1C1=CNC=CC=C1. The van der Waals surface area contributed by atoms with Gasteiger partial charge in [-0.05, 0) is 24.3 Å². The van der Waals surface area contributed by atoms with Crippen molar-refractivity contribution < 1.29 is 9.53 Å². The summed E-state index contributed by atoms with van der Waals surface area (Å²) >= 11 is 0. The molecule has 0 saturated carbocycles. The molecule has 5 heteroatoms. The van der Waals surface area contributed by atoms with Gasteiger partial charge in [0.2, 0.25) is 0 Å². The van der Waals surface area contributed by atoms with Gasteiger partial charge in [0.1, 0.15) is 17.2 Å². The van der Waals surface area contributed by atoms with Crippen molar-refractivity contribution in [3.8, 4) is 11.5 Å². The van der Waals surface area contributed by atoms with Gasteiger partial charge in [-0.3, -0.25) is 9.78 Å². The molecule has 1 aromatic carbocycles. The van der Waals surface area contributed by atoms with Crippen LogP contribution in [0.2, 0.25) is 0 Å². The molecular weight excluding hydrogens is 290 g/mol. The molecule has 1 aliphatic heterocycles. The quantitative estimate of drug-likeness (QED) is 0.910. The average molecular weight is 305 g/mol. The summed E-state index contributed by atoms with van der Waals surface area (Å²) in [5, 5.41) is 3.01. The predicted molar refractivity (Wildman–Crippen MR) is 88.7 cm³/mol. The third-order valence-electron chi connectivity index (χ3n) is 3.22. The number of para-hydroxylation sites is 1. The first-order valence-corrected chi connectivity index (χ1v) is 7.07. The minimum atomic E-state index is -0.606. The Labute approximate surface area is 133 Å². The number of nitrogens with one attached hydrogen (secondary N) is 1. The van der Waals surface area contributed by atoms with Crippen LogP contribution in [0.3, 0.4) is 0 Å². The van der Waals surface area contributed by atoms with Crippen molar-refractivity contribution in [2.24, 2.45) is 5.73 Å². The van der Waals surface area contributed by atoms with Crippen LogP contribution in [-0.4, -0.2) is 10.9 Å². The first-order valence-electron chi connectivity index (χ1n) is 7.07. The standard InChI is InChI=1S/C18H15N3O2/c19-18(22)17-16(13-6-4-5-10-20-12-13)15(9-11-21-17)23-14-7-2-1-3-8-14/h1-12,20H,(H2,19,22). The van der Waals surface area contributed by atoms with Crippen LogP contribution in [0.5, 0.6) is 11.5 Å². The first kappa shape index (κ1) is 14.6. The summed E-state index contributed by atoms with van der Waals surface area (Å²) in [7, 11) is 0. The molecule has 0 saturated heterocycles. The Morgan fingerprint density at radius 2 is 1.96 bits per heavy atom. The fourth-order valence-corrected chi connectivity index (χ4v) is 2.22. The van der Waals surface area contributed by atoms with Crippen LogP contribution in [0.25, 0.3) is 5.57 Å². The molecule has 0 radical (unpaired) electrons. The molecular formula is C18H15N3O2. The van der Waals surface area contributed by atoms with E-state index in [0.29, 0.717) is 17.1 Å². The lowest BCUT2D eigenvalue weighted by molar-refractivity contribution is 0.0995. The van der Waals surface area contributed by atoms with Crippen LogP contribution in [0.1, 0.15) is 16.1 Å². The number of nitrogens with zero attached hydrogens (tertiary/aromatic N) is 1. The average Bonchev–Trinajstić information content (AvgIpc) is 2.84. The number of carbonyl (C=O) groups excluding carboxylic acids is 1. The molecule has 23 heavy (non-hydrogen) atoms.